The van der Waals surface area contributed by atoms with Gasteiger partial charge in [-0.15, -0.1) is 0 Å². The summed E-state index contributed by atoms with van der Waals surface area (Å²) in [5, 5.41) is 8.85. The molecule has 2 aromatic rings. The zero-order chi connectivity index (χ0) is 22.3. The SMILES string of the molecule is C=C/C=C(\C=C)N(C)Cc1cccc(-c2cc(C(F)(F)F)ccc2OCC(=O)O)c1. The Bertz CT molecular complexity index is 964. The van der Waals surface area contributed by atoms with Crippen molar-refractivity contribution in [1.82, 2.24) is 4.90 Å². The van der Waals surface area contributed by atoms with Crippen LogP contribution >= 0.6 is 0 Å². The van der Waals surface area contributed by atoms with Gasteiger partial charge in [0, 0.05) is 24.9 Å². The highest BCUT2D eigenvalue weighted by Gasteiger charge is 2.31. The van der Waals surface area contributed by atoms with Crippen LogP contribution in [-0.4, -0.2) is 29.6 Å². The molecule has 158 valence electrons. The van der Waals surface area contributed by atoms with E-state index in [1.807, 2.05) is 18.0 Å². The van der Waals surface area contributed by atoms with Crippen LogP contribution in [0.3, 0.4) is 0 Å². The van der Waals surface area contributed by atoms with Gasteiger partial charge >= 0.3 is 12.1 Å². The van der Waals surface area contributed by atoms with Crippen LogP contribution < -0.4 is 4.74 Å². The number of halogens is 3. The monoisotopic (exact) mass is 417 g/mol. The van der Waals surface area contributed by atoms with Gasteiger partial charge in [0.25, 0.3) is 0 Å². The zero-order valence-electron chi connectivity index (χ0n) is 16.4. The van der Waals surface area contributed by atoms with E-state index in [0.717, 1.165) is 29.5 Å². The lowest BCUT2D eigenvalue weighted by atomic mass is 9.99. The first-order chi connectivity index (χ1) is 14.2. The molecule has 2 aromatic carbocycles. The van der Waals surface area contributed by atoms with Crippen LogP contribution in [0.5, 0.6) is 5.75 Å². The Kier molecular flexibility index (Phi) is 7.47. The van der Waals surface area contributed by atoms with E-state index in [9.17, 15) is 18.0 Å². The number of allylic oxidation sites excluding steroid dienone is 3. The smallest absolute Gasteiger partial charge is 0.416 e. The van der Waals surface area contributed by atoms with E-state index in [-0.39, 0.29) is 11.3 Å². The first-order valence-electron chi connectivity index (χ1n) is 8.97. The molecule has 7 heteroatoms. The van der Waals surface area contributed by atoms with Crippen molar-refractivity contribution in [2.75, 3.05) is 13.7 Å². The largest absolute Gasteiger partial charge is 0.481 e. The molecule has 0 saturated heterocycles. The maximum Gasteiger partial charge on any atom is 0.416 e. The van der Waals surface area contributed by atoms with E-state index in [1.165, 1.54) is 0 Å². The van der Waals surface area contributed by atoms with Crippen molar-refractivity contribution in [3.63, 3.8) is 0 Å². The number of hydrogen-bond donors (Lipinski definition) is 1. The maximum absolute atomic E-state index is 13.2. The molecule has 0 heterocycles. The van der Waals surface area contributed by atoms with Crippen LogP contribution in [0.25, 0.3) is 11.1 Å². The number of hydrogen-bond acceptors (Lipinski definition) is 3. The standard InChI is InChI=1S/C23H22F3NO3/c1-4-7-19(5-2)27(3)14-16-8-6-9-17(12-16)20-13-18(23(24,25)26)10-11-21(20)30-15-22(28)29/h4-13H,1-2,14-15H2,3H3,(H,28,29)/b19-7+. The highest BCUT2D eigenvalue weighted by molar-refractivity contribution is 5.73. The molecule has 0 atom stereocenters. The summed E-state index contributed by atoms with van der Waals surface area (Å²) in [5.41, 5.74) is 1.49. The van der Waals surface area contributed by atoms with Gasteiger partial charge in [0.15, 0.2) is 6.61 Å². The fourth-order valence-corrected chi connectivity index (χ4v) is 2.87. The topological polar surface area (TPSA) is 49.8 Å². The summed E-state index contributed by atoms with van der Waals surface area (Å²) in [5.74, 6) is -1.16. The molecule has 0 aliphatic rings. The van der Waals surface area contributed by atoms with Crippen molar-refractivity contribution < 1.29 is 27.8 Å². The molecule has 0 amide bonds. The van der Waals surface area contributed by atoms with Crippen LogP contribution in [0.4, 0.5) is 13.2 Å². The Morgan fingerprint density at radius 1 is 1.20 bits per heavy atom. The molecule has 2 rings (SSSR count). The Balaban J connectivity index is 2.45. The number of benzene rings is 2. The highest BCUT2D eigenvalue weighted by atomic mass is 19.4. The molecule has 0 aliphatic carbocycles. The molecule has 4 nitrogen and oxygen atoms in total. The molecule has 0 fully saturated rings. The predicted molar refractivity (Wildman–Crippen MR) is 110 cm³/mol. The molecule has 0 bridgehead atoms. The first kappa shape index (κ1) is 22.8. The molecule has 0 aliphatic heterocycles. The second-order valence-electron chi connectivity index (χ2n) is 6.48. The number of rotatable bonds is 9. The Morgan fingerprint density at radius 2 is 1.93 bits per heavy atom. The van der Waals surface area contributed by atoms with Gasteiger partial charge in [-0.3, -0.25) is 0 Å². The van der Waals surface area contributed by atoms with E-state index in [1.54, 1.807) is 36.4 Å². The normalized spacial score (nSPS) is 11.7. The lowest BCUT2D eigenvalue weighted by Gasteiger charge is -2.21. The van der Waals surface area contributed by atoms with Crippen molar-refractivity contribution >= 4 is 5.97 Å². The number of carbonyl (C=O) groups is 1. The summed E-state index contributed by atoms with van der Waals surface area (Å²) < 4.78 is 44.9. The molecule has 0 radical (unpaired) electrons. The van der Waals surface area contributed by atoms with E-state index in [2.05, 4.69) is 13.2 Å². The second kappa shape index (κ2) is 9.82. The van der Waals surface area contributed by atoms with Gasteiger partial charge in [0.2, 0.25) is 0 Å². The van der Waals surface area contributed by atoms with Crippen molar-refractivity contribution in [2.24, 2.45) is 0 Å². The number of aliphatic carboxylic acids is 1. The summed E-state index contributed by atoms with van der Waals surface area (Å²) >= 11 is 0. The zero-order valence-corrected chi connectivity index (χ0v) is 16.4. The van der Waals surface area contributed by atoms with Crippen LogP contribution in [-0.2, 0) is 17.5 Å². The molecule has 30 heavy (non-hydrogen) atoms. The Morgan fingerprint density at radius 3 is 2.53 bits per heavy atom. The van der Waals surface area contributed by atoms with Crippen molar-refractivity contribution in [3.8, 4) is 16.9 Å². The van der Waals surface area contributed by atoms with Crippen LogP contribution in [0.1, 0.15) is 11.1 Å². The number of alkyl halides is 3. The summed E-state index contributed by atoms with van der Waals surface area (Å²) in [6, 6.07) is 9.95. The van der Waals surface area contributed by atoms with Gasteiger partial charge in [0.05, 0.1) is 5.56 Å². The summed E-state index contributed by atoms with van der Waals surface area (Å²) in [6.07, 6.45) is 0.572. The third-order valence-corrected chi connectivity index (χ3v) is 4.25. The highest BCUT2D eigenvalue weighted by Crippen LogP contribution is 2.37. The lowest BCUT2D eigenvalue weighted by Crippen LogP contribution is -2.15. The van der Waals surface area contributed by atoms with Crippen LogP contribution in [0.15, 0.2) is 79.5 Å². The number of ether oxygens (including phenoxy) is 1. The summed E-state index contributed by atoms with van der Waals surface area (Å²) in [6.45, 7) is 7.24. The Labute approximate surface area is 173 Å². The molecule has 0 spiro atoms. The number of carboxylic acid groups (broad SMARTS) is 1. The average Bonchev–Trinajstić information content (AvgIpc) is 2.69. The van der Waals surface area contributed by atoms with Gasteiger partial charge < -0.3 is 14.7 Å². The van der Waals surface area contributed by atoms with E-state index < -0.39 is 24.3 Å². The minimum Gasteiger partial charge on any atom is -0.481 e. The molecule has 0 unspecified atom stereocenters. The quantitative estimate of drug-likeness (QED) is 0.546. The third kappa shape index (κ3) is 6.01. The minimum absolute atomic E-state index is 0.0641. The van der Waals surface area contributed by atoms with Crippen LogP contribution in [0, 0.1) is 0 Å². The predicted octanol–water partition coefficient (Wildman–Crippen LogP) is 5.52. The van der Waals surface area contributed by atoms with Gasteiger partial charge in [-0.25, -0.2) is 4.79 Å². The number of likely N-dealkylation sites (N-methyl/N-ethyl adjacent to an activating group) is 1. The fourth-order valence-electron chi connectivity index (χ4n) is 2.87. The number of carboxylic acids is 1. The Hall–Kier alpha value is -3.48. The second-order valence-corrected chi connectivity index (χ2v) is 6.48. The number of nitrogens with zero attached hydrogens (tertiary/aromatic N) is 1. The van der Waals surface area contributed by atoms with E-state index >= 15 is 0 Å². The van der Waals surface area contributed by atoms with E-state index in [4.69, 9.17) is 9.84 Å². The van der Waals surface area contributed by atoms with Gasteiger partial charge in [-0.05, 0) is 47.5 Å². The molecular weight excluding hydrogens is 395 g/mol. The first-order valence-corrected chi connectivity index (χ1v) is 8.97. The van der Waals surface area contributed by atoms with Crippen molar-refractivity contribution in [3.05, 3.63) is 90.7 Å². The molecule has 0 saturated carbocycles. The average molecular weight is 417 g/mol. The van der Waals surface area contributed by atoms with Gasteiger partial charge in [-0.1, -0.05) is 37.4 Å². The van der Waals surface area contributed by atoms with Gasteiger partial charge in [-0.2, -0.15) is 13.2 Å². The fraction of sp³-hybridized carbons (Fsp3) is 0.174. The van der Waals surface area contributed by atoms with Crippen LogP contribution in [0.2, 0.25) is 0 Å². The molecule has 1 N–H and O–H groups in total. The molecule has 0 aromatic heterocycles. The lowest BCUT2D eigenvalue weighted by molar-refractivity contribution is -0.140. The van der Waals surface area contributed by atoms with Crippen molar-refractivity contribution in [2.45, 2.75) is 12.7 Å². The third-order valence-electron chi connectivity index (χ3n) is 4.25. The summed E-state index contributed by atoms with van der Waals surface area (Å²) in [4.78, 5) is 12.8. The van der Waals surface area contributed by atoms with Crippen molar-refractivity contribution in [1.29, 1.82) is 0 Å². The van der Waals surface area contributed by atoms with Gasteiger partial charge in [0.1, 0.15) is 5.75 Å². The summed E-state index contributed by atoms with van der Waals surface area (Å²) in [7, 11) is 1.86. The minimum atomic E-state index is -4.54. The van der Waals surface area contributed by atoms with E-state index in [0.29, 0.717) is 12.1 Å². The maximum atomic E-state index is 13.2. The molecular formula is C23H22F3NO3.